The quantitative estimate of drug-likeness (QED) is 0.166. The minimum atomic E-state index is 0.866. The fourth-order valence-corrected chi connectivity index (χ4v) is 13.0. The van der Waals surface area contributed by atoms with Crippen LogP contribution in [0.1, 0.15) is 51.8 Å². The highest BCUT2D eigenvalue weighted by atomic mass is 16.3. The lowest BCUT2D eigenvalue weighted by Crippen LogP contribution is -1.98. The van der Waals surface area contributed by atoms with Crippen LogP contribution in [-0.2, 0) is 6.42 Å². The van der Waals surface area contributed by atoms with Crippen LogP contribution in [0.25, 0.3) is 132 Å². The molecule has 0 aliphatic heterocycles. The number of hydrogen-bond acceptors (Lipinski definition) is 2. The summed E-state index contributed by atoms with van der Waals surface area (Å²) in [6, 6.07) is 74.3. The van der Waals surface area contributed by atoms with Crippen LogP contribution < -0.4 is 0 Å². The Hall–Kier alpha value is -8.98. The van der Waals surface area contributed by atoms with Crippen LogP contribution in [0, 0.1) is 27.7 Å². The zero-order chi connectivity index (χ0) is 50.1. The van der Waals surface area contributed by atoms with Gasteiger partial charge < -0.3 is 8.83 Å². The van der Waals surface area contributed by atoms with Crippen LogP contribution in [-0.4, -0.2) is 0 Å². The number of aryl methyl sites for hydroxylation is 4. The monoisotopic (exact) mass is 960 g/mol. The molecule has 2 heterocycles. The van der Waals surface area contributed by atoms with Gasteiger partial charge in [0.15, 0.2) is 0 Å². The predicted molar refractivity (Wildman–Crippen MR) is 316 cm³/mol. The van der Waals surface area contributed by atoms with Crippen molar-refractivity contribution in [2.24, 2.45) is 0 Å². The lowest BCUT2D eigenvalue weighted by Gasteiger charge is -2.20. The summed E-state index contributed by atoms with van der Waals surface area (Å²) in [6.07, 6.45) is 5.58. The van der Waals surface area contributed by atoms with Crippen LogP contribution in [0.4, 0.5) is 0 Å². The lowest BCUT2D eigenvalue weighted by atomic mass is 9.84. The molecular formula is C73H52O2. The van der Waals surface area contributed by atoms with E-state index < -0.39 is 0 Å². The Morgan fingerprint density at radius 1 is 0.320 bits per heavy atom. The molecule has 0 unspecified atom stereocenters. The summed E-state index contributed by atoms with van der Waals surface area (Å²) >= 11 is 0. The first-order chi connectivity index (χ1) is 36.8. The van der Waals surface area contributed by atoms with Crippen molar-refractivity contribution < 1.29 is 8.83 Å². The molecule has 2 nitrogen and oxygen atoms in total. The number of benzene rings is 11. The van der Waals surface area contributed by atoms with Gasteiger partial charge in [-0.3, -0.25) is 0 Å². The Morgan fingerprint density at radius 2 is 0.827 bits per heavy atom. The molecule has 0 N–H and O–H groups in total. The number of allylic oxidation sites excluding steroid dienone is 4. The Labute approximate surface area is 436 Å². The minimum absolute atomic E-state index is 0.866. The third kappa shape index (κ3) is 6.79. The van der Waals surface area contributed by atoms with Crippen LogP contribution in [0.5, 0.6) is 0 Å². The van der Waals surface area contributed by atoms with E-state index in [0.717, 1.165) is 107 Å². The van der Waals surface area contributed by atoms with Crippen molar-refractivity contribution in [1.82, 2.24) is 0 Å². The molecule has 75 heavy (non-hydrogen) atoms. The van der Waals surface area contributed by atoms with E-state index in [1.807, 2.05) is 6.07 Å². The molecule has 2 heteroatoms. The smallest absolute Gasteiger partial charge is 0.143 e. The highest BCUT2D eigenvalue weighted by molar-refractivity contribution is 6.29. The number of hydrogen-bond donors (Lipinski definition) is 0. The summed E-state index contributed by atoms with van der Waals surface area (Å²) in [4.78, 5) is 0. The predicted octanol–water partition coefficient (Wildman–Crippen LogP) is 20.5. The fraction of sp³-hybridized carbons (Fsp3) is 0.0959. The van der Waals surface area contributed by atoms with E-state index in [1.54, 1.807) is 5.57 Å². The van der Waals surface area contributed by atoms with Crippen molar-refractivity contribution in [2.75, 3.05) is 0 Å². The standard InChI is InChI=1S/C73H52O2/c1-42-15-5-8-18-52(42)60-36-50(29-27-44(60)3)65-40-63(48-32-31-47-35-46-17-7-10-20-54(46)62(47)38-48)58-24-13-22-56-57-23-14-25-59-64(49-33-34-69-67(39-49)55-21-11-12-26-68(55)74-69)41-66(73(71(57)59)75-72(65)70(56)58)51-30-28-45(4)61(37-51)53-19-9-6-16-43(53)2/h5-30,33-34,36-41H,31-32,35H2,1-4H3. The first-order valence-corrected chi connectivity index (χ1v) is 26.5. The van der Waals surface area contributed by atoms with Gasteiger partial charge in [-0.1, -0.05) is 169 Å². The van der Waals surface area contributed by atoms with Gasteiger partial charge in [0.2, 0.25) is 0 Å². The SMILES string of the molecule is Cc1ccccc1-c1cc(-c2cc(C3=CC4=C(CC3)Cc3ccccc34)c3cccc4c5cccc6c(-c7ccc8oc9ccccc9c8c7)cc(-c7ccc(C)c(-c8ccccc8C)c7)c(oc2c34)c65)ccc1C. The van der Waals surface area contributed by atoms with Gasteiger partial charge in [0, 0.05) is 32.7 Å². The van der Waals surface area contributed by atoms with E-state index in [1.165, 1.54) is 83.1 Å². The van der Waals surface area contributed by atoms with Crippen LogP contribution in [0.3, 0.4) is 0 Å². The van der Waals surface area contributed by atoms with Gasteiger partial charge in [-0.2, -0.15) is 0 Å². The van der Waals surface area contributed by atoms with E-state index in [0.29, 0.717) is 0 Å². The summed E-state index contributed by atoms with van der Waals surface area (Å²) in [5.74, 6) is 0. The molecule has 0 bridgehead atoms. The third-order valence-electron chi connectivity index (χ3n) is 16.8. The van der Waals surface area contributed by atoms with Gasteiger partial charge >= 0.3 is 0 Å². The lowest BCUT2D eigenvalue weighted by molar-refractivity contribution is 0.666. The van der Waals surface area contributed by atoms with Gasteiger partial charge in [-0.05, 0) is 206 Å². The van der Waals surface area contributed by atoms with Crippen LogP contribution in [0.2, 0.25) is 0 Å². The van der Waals surface area contributed by atoms with E-state index in [2.05, 4.69) is 228 Å². The third-order valence-corrected chi connectivity index (χ3v) is 16.8. The van der Waals surface area contributed by atoms with E-state index in [4.69, 9.17) is 8.83 Å². The first kappa shape index (κ1) is 43.6. The molecule has 15 rings (SSSR count). The normalized spacial score (nSPS) is 13.5. The molecule has 0 spiro atoms. The summed E-state index contributed by atoms with van der Waals surface area (Å²) in [5, 5.41) is 9.15. The van der Waals surface area contributed by atoms with Crippen molar-refractivity contribution in [2.45, 2.75) is 47.0 Å². The highest BCUT2D eigenvalue weighted by Gasteiger charge is 2.28. The average molecular weight is 961 g/mol. The molecule has 356 valence electrons. The number of furan rings is 1. The maximum Gasteiger partial charge on any atom is 0.143 e. The van der Waals surface area contributed by atoms with E-state index >= 15 is 0 Å². The van der Waals surface area contributed by atoms with Crippen LogP contribution >= 0.6 is 0 Å². The molecule has 0 fully saturated rings. The second-order valence-electron chi connectivity index (χ2n) is 21.2. The first-order valence-electron chi connectivity index (χ1n) is 26.5. The molecule has 13 aromatic rings. The van der Waals surface area contributed by atoms with Gasteiger partial charge in [-0.15, -0.1) is 0 Å². The molecule has 0 atom stereocenters. The number of fused-ring (bicyclic) bond motifs is 6. The topological polar surface area (TPSA) is 26.3 Å². The second kappa shape index (κ2) is 16.8. The summed E-state index contributed by atoms with van der Waals surface area (Å²) in [7, 11) is 0. The van der Waals surface area contributed by atoms with Gasteiger partial charge in [0.05, 0.1) is 0 Å². The van der Waals surface area contributed by atoms with Gasteiger partial charge in [-0.25, -0.2) is 0 Å². The molecule has 2 aliphatic carbocycles. The number of rotatable bonds is 6. The van der Waals surface area contributed by atoms with Gasteiger partial charge in [0.25, 0.3) is 0 Å². The Bertz CT molecular complexity index is 4660. The fourth-order valence-electron chi connectivity index (χ4n) is 13.0. The van der Waals surface area contributed by atoms with E-state index in [-0.39, 0.29) is 0 Å². The van der Waals surface area contributed by atoms with Crippen molar-refractivity contribution in [3.63, 3.8) is 0 Å². The molecule has 0 saturated carbocycles. The summed E-state index contributed by atoms with van der Waals surface area (Å²) in [6.45, 7) is 8.89. The Morgan fingerprint density at radius 3 is 1.49 bits per heavy atom. The molecule has 0 radical (unpaired) electrons. The minimum Gasteiger partial charge on any atom is -0.456 e. The zero-order valence-corrected chi connectivity index (χ0v) is 42.6. The zero-order valence-electron chi connectivity index (χ0n) is 42.6. The molecule has 0 amide bonds. The molecule has 2 aliphatic rings. The summed E-state index contributed by atoms with van der Waals surface area (Å²) in [5.41, 5.74) is 28.5. The molecule has 0 saturated heterocycles. The van der Waals surface area contributed by atoms with Crippen molar-refractivity contribution in [1.29, 1.82) is 0 Å². The Balaban J connectivity index is 1.09. The maximum atomic E-state index is 8.04. The van der Waals surface area contributed by atoms with Crippen LogP contribution in [0.15, 0.2) is 221 Å². The number of para-hydroxylation sites is 1. The Kier molecular flexibility index (Phi) is 9.75. The summed E-state index contributed by atoms with van der Waals surface area (Å²) < 4.78 is 14.4. The largest absolute Gasteiger partial charge is 0.456 e. The van der Waals surface area contributed by atoms with Crippen molar-refractivity contribution >= 4 is 76.6 Å². The van der Waals surface area contributed by atoms with Crippen molar-refractivity contribution in [3.8, 4) is 55.6 Å². The van der Waals surface area contributed by atoms with Gasteiger partial charge in [0.1, 0.15) is 22.3 Å². The average Bonchev–Trinajstić information content (AvgIpc) is 3.97. The second-order valence-corrected chi connectivity index (χ2v) is 21.2. The molecular weight excluding hydrogens is 909 g/mol. The molecule has 11 aromatic carbocycles. The molecule has 2 aromatic heterocycles. The highest BCUT2D eigenvalue weighted by Crippen LogP contribution is 2.51. The maximum absolute atomic E-state index is 8.04. The van der Waals surface area contributed by atoms with E-state index in [9.17, 15) is 0 Å². The van der Waals surface area contributed by atoms with Crippen molar-refractivity contribution in [3.05, 3.63) is 251 Å².